The van der Waals surface area contributed by atoms with E-state index in [2.05, 4.69) is 71.0 Å². The smallest absolute Gasteiger partial charge is 0.243 e. The second kappa shape index (κ2) is 8.46. The molecule has 1 aromatic carbocycles. The molecule has 0 radical (unpaired) electrons. The van der Waals surface area contributed by atoms with Crippen molar-refractivity contribution in [2.45, 2.75) is 72.1 Å². The van der Waals surface area contributed by atoms with Gasteiger partial charge in [-0.2, -0.15) is 0 Å². The largest absolute Gasteiger partial charge is 0.377 e. The maximum absolute atomic E-state index is 12.9. The molecule has 0 unspecified atom stereocenters. The number of aromatic nitrogens is 2. The first-order valence-corrected chi connectivity index (χ1v) is 10.5. The molecule has 0 bridgehead atoms. The highest BCUT2D eigenvalue weighted by Crippen LogP contribution is 2.26. The van der Waals surface area contributed by atoms with E-state index >= 15 is 0 Å². The van der Waals surface area contributed by atoms with E-state index in [1.807, 2.05) is 10.8 Å². The van der Waals surface area contributed by atoms with Gasteiger partial charge >= 0.3 is 0 Å². The zero-order chi connectivity index (χ0) is 19.6. The maximum Gasteiger partial charge on any atom is 0.243 e. The Morgan fingerprint density at radius 2 is 1.85 bits per heavy atom. The quantitative estimate of drug-likeness (QED) is 0.746. The Labute approximate surface area is 170 Å². The van der Waals surface area contributed by atoms with E-state index in [0.717, 1.165) is 28.8 Å². The minimum Gasteiger partial charge on any atom is -0.377 e. The molecule has 1 saturated heterocycles. The fourth-order valence-electron chi connectivity index (χ4n) is 4.15. The molecule has 1 aromatic heterocycles. The Morgan fingerprint density at radius 1 is 1.22 bits per heavy atom. The molecule has 6 heteroatoms. The van der Waals surface area contributed by atoms with Gasteiger partial charge in [-0.25, -0.2) is 4.98 Å². The van der Waals surface area contributed by atoms with Gasteiger partial charge in [-0.1, -0.05) is 15.9 Å². The highest BCUT2D eigenvalue weighted by Gasteiger charge is 2.29. The number of carbonyl (C=O) groups is 1. The highest BCUT2D eigenvalue weighted by molar-refractivity contribution is 9.10. The summed E-state index contributed by atoms with van der Waals surface area (Å²) in [4.78, 5) is 19.4. The van der Waals surface area contributed by atoms with Crippen LogP contribution in [0.4, 0.5) is 5.69 Å². The van der Waals surface area contributed by atoms with E-state index in [9.17, 15) is 4.79 Å². The lowest BCUT2D eigenvalue weighted by Gasteiger charge is -2.39. The number of anilines is 1. The number of likely N-dealkylation sites (tertiary alicyclic amines) is 1. The van der Waals surface area contributed by atoms with E-state index in [-0.39, 0.29) is 5.91 Å². The second-order valence-electron chi connectivity index (χ2n) is 7.67. The predicted octanol–water partition coefficient (Wildman–Crippen LogP) is 4.66. The molecule has 1 amide bonds. The SMILES string of the molecule is Cc1cc(Br)cc(C)c1NCc1nccn1CC(=O)N1[C@H](C)CCC[C@H]1C. The lowest BCUT2D eigenvalue weighted by atomic mass is 9.97. The fraction of sp³-hybridized carbons (Fsp3) is 0.524. The summed E-state index contributed by atoms with van der Waals surface area (Å²) >= 11 is 3.54. The maximum atomic E-state index is 12.9. The summed E-state index contributed by atoms with van der Waals surface area (Å²) < 4.78 is 3.05. The number of imidazole rings is 1. The lowest BCUT2D eigenvalue weighted by molar-refractivity contribution is -0.137. The van der Waals surface area contributed by atoms with Crippen LogP contribution in [0.3, 0.4) is 0 Å². The van der Waals surface area contributed by atoms with Gasteiger partial charge in [-0.15, -0.1) is 0 Å². The van der Waals surface area contributed by atoms with Crippen molar-refractivity contribution in [3.05, 3.63) is 46.0 Å². The molecule has 1 aliphatic heterocycles. The van der Waals surface area contributed by atoms with E-state index < -0.39 is 0 Å². The third-order valence-electron chi connectivity index (χ3n) is 5.51. The number of hydrogen-bond donors (Lipinski definition) is 1. The van der Waals surface area contributed by atoms with Gasteiger partial charge in [0.25, 0.3) is 0 Å². The molecule has 1 fully saturated rings. The van der Waals surface area contributed by atoms with Crippen molar-refractivity contribution in [1.29, 1.82) is 0 Å². The average molecular weight is 433 g/mol. The Morgan fingerprint density at radius 3 is 2.48 bits per heavy atom. The number of rotatable bonds is 5. The van der Waals surface area contributed by atoms with Crippen LogP contribution in [-0.4, -0.2) is 32.4 Å². The fourth-order valence-corrected chi connectivity index (χ4v) is 4.84. The van der Waals surface area contributed by atoms with Crippen LogP contribution in [-0.2, 0) is 17.9 Å². The van der Waals surface area contributed by atoms with Crippen molar-refractivity contribution in [2.24, 2.45) is 0 Å². The van der Waals surface area contributed by atoms with Crippen LogP contribution in [0.15, 0.2) is 29.0 Å². The summed E-state index contributed by atoms with van der Waals surface area (Å²) in [6.45, 7) is 9.44. The zero-order valence-electron chi connectivity index (χ0n) is 16.6. The normalized spacial score (nSPS) is 20.0. The molecule has 146 valence electrons. The van der Waals surface area contributed by atoms with Crippen LogP contribution in [0.25, 0.3) is 0 Å². The van der Waals surface area contributed by atoms with Crippen LogP contribution in [0, 0.1) is 13.8 Å². The molecular formula is C21H29BrN4O. The van der Waals surface area contributed by atoms with Crippen molar-refractivity contribution in [3.8, 4) is 0 Å². The molecule has 27 heavy (non-hydrogen) atoms. The number of amides is 1. The number of halogens is 1. The highest BCUT2D eigenvalue weighted by atomic mass is 79.9. The van der Waals surface area contributed by atoms with Gasteiger partial charge < -0.3 is 14.8 Å². The first-order valence-electron chi connectivity index (χ1n) is 9.68. The third-order valence-corrected chi connectivity index (χ3v) is 5.97. The summed E-state index contributed by atoms with van der Waals surface area (Å²) in [5, 5.41) is 3.49. The van der Waals surface area contributed by atoms with Gasteiger partial charge in [0.15, 0.2) is 0 Å². The standard InChI is InChI=1S/C21H29BrN4O/c1-14-10-18(22)11-15(2)21(14)24-12-19-23-8-9-25(19)13-20(27)26-16(3)6-5-7-17(26)4/h8-11,16-17,24H,5-7,12-13H2,1-4H3/t16-,17-/m1/s1. The summed E-state index contributed by atoms with van der Waals surface area (Å²) in [6, 6.07) is 4.84. The first kappa shape index (κ1) is 19.9. The minimum atomic E-state index is 0.185. The van der Waals surface area contributed by atoms with Gasteiger partial charge in [0.2, 0.25) is 5.91 Å². The van der Waals surface area contributed by atoms with E-state index in [4.69, 9.17) is 0 Å². The molecule has 5 nitrogen and oxygen atoms in total. The first-order chi connectivity index (χ1) is 12.9. The summed E-state index contributed by atoms with van der Waals surface area (Å²) in [5.41, 5.74) is 3.50. The van der Waals surface area contributed by atoms with Crippen LogP contribution >= 0.6 is 15.9 Å². The van der Waals surface area contributed by atoms with Crippen LogP contribution < -0.4 is 5.32 Å². The van der Waals surface area contributed by atoms with E-state index in [0.29, 0.717) is 25.2 Å². The molecule has 1 aliphatic rings. The number of hydrogen-bond acceptors (Lipinski definition) is 3. The Hall–Kier alpha value is -1.82. The van der Waals surface area contributed by atoms with E-state index in [1.165, 1.54) is 17.5 Å². The Bertz CT molecular complexity index is 783. The van der Waals surface area contributed by atoms with Crippen molar-refractivity contribution in [3.63, 3.8) is 0 Å². The zero-order valence-corrected chi connectivity index (χ0v) is 18.2. The Balaban J connectivity index is 1.69. The topological polar surface area (TPSA) is 50.2 Å². The van der Waals surface area contributed by atoms with Crippen molar-refractivity contribution in [2.75, 3.05) is 5.32 Å². The second-order valence-corrected chi connectivity index (χ2v) is 8.59. The molecule has 1 N–H and O–H groups in total. The third kappa shape index (κ3) is 4.54. The number of nitrogens with zero attached hydrogens (tertiary/aromatic N) is 3. The number of nitrogens with one attached hydrogen (secondary N) is 1. The van der Waals surface area contributed by atoms with Crippen LogP contribution in [0.1, 0.15) is 50.1 Å². The van der Waals surface area contributed by atoms with Crippen molar-refractivity contribution in [1.82, 2.24) is 14.5 Å². The number of benzene rings is 1. The lowest BCUT2D eigenvalue weighted by Crippen LogP contribution is -2.48. The van der Waals surface area contributed by atoms with Crippen LogP contribution in [0.2, 0.25) is 0 Å². The van der Waals surface area contributed by atoms with Gasteiger partial charge in [0, 0.05) is 34.6 Å². The predicted molar refractivity (Wildman–Crippen MR) is 113 cm³/mol. The monoisotopic (exact) mass is 432 g/mol. The average Bonchev–Trinajstić information content (AvgIpc) is 3.00. The Kier molecular flexibility index (Phi) is 6.25. The van der Waals surface area contributed by atoms with Crippen molar-refractivity contribution >= 4 is 27.5 Å². The summed E-state index contributed by atoms with van der Waals surface area (Å²) in [6.07, 6.45) is 7.06. The molecule has 2 atom stereocenters. The number of carbonyl (C=O) groups excluding carboxylic acids is 1. The molecule has 2 aromatic rings. The van der Waals surface area contributed by atoms with Gasteiger partial charge in [-0.05, 0) is 70.2 Å². The molecular weight excluding hydrogens is 404 g/mol. The van der Waals surface area contributed by atoms with Gasteiger partial charge in [0.1, 0.15) is 12.4 Å². The molecule has 3 rings (SSSR count). The summed E-state index contributed by atoms with van der Waals surface area (Å²) in [7, 11) is 0. The molecule has 0 aliphatic carbocycles. The molecule has 0 saturated carbocycles. The minimum absolute atomic E-state index is 0.185. The van der Waals surface area contributed by atoms with Gasteiger partial charge in [-0.3, -0.25) is 4.79 Å². The summed E-state index contributed by atoms with van der Waals surface area (Å²) in [5.74, 6) is 1.06. The molecule has 0 spiro atoms. The number of piperidine rings is 1. The molecule has 2 heterocycles. The number of aryl methyl sites for hydroxylation is 2. The van der Waals surface area contributed by atoms with Gasteiger partial charge in [0.05, 0.1) is 6.54 Å². The van der Waals surface area contributed by atoms with Crippen molar-refractivity contribution < 1.29 is 4.79 Å². The van der Waals surface area contributed by atoms with Crippen LogP contribution in [0.5, 0.6) is 0 Å². The van der Waals surface area contributed by atoms with E-state index in [1.54, 1.807) is 6.20 Å².